The van der Waals surface area contributed by atoms with Crippen LogP contribution in [0.4, 0.5) is 4.39 Å². The Morgan fingerprint density at radius 2 is 2.12 bits per heavy atom. The van der Waals surface area contributed by atoms with E-state index in [1.165, 1.54) is 0 Å². The second-order valence-electron chi connectivity index (χ2n) is 3.14. The Bertz CT molecular complexity index is 580. The highest BCUT2D eigenvalue weighted by Crippen LogP contribution is 2.25. The predicted octanol–water partition coefficient (Wildman–Crippen LogP) is 2.25. The molecule has 0 bridgehead atoms. The van der Waals surface area contributed by atoms with Gasteiger partial charge in [-0.15, -0.1) is 6.58 Å². The Morgan fingerprint density at radius 1 is 1.53 bits per heavy atom. The molecule has 92 valence electrons. The summed E-state index contributed by atoms with van der Waals surface area (Å²) < 4.78 is 37.2. The molecule has 0 amide bonds. The Morgan fingerprint density at radius 3 is 2.59 bits per heavy atom. The summed E-state index contributed by atoms with van der Waals surface area (Å²) in [5, 5.41) is 8.73. The van der Waals surface area contributed by atoms with Crippen LogP contribution in [0.5, 0.6) is 0 Å². The van der Waals surface area contributed by atoms with Gasteiger partial charge in [-0.1, -0.05) is 22.0 Å². The van der Waals surface area contributed by atoms with E-state index in [4.69, 9.17) is 5.11 Å². The van der Waals surface area contributed by atoms with Gasteiger partial charge in [0.15, 0.2) is 15.7 Å². The fourth-order valence-corrected chi connectivity index (χ4v) is 2.98. The van der Waals surface area contributed by atoms with Crippen molar-refractivity contribution in [2.24, 2.45) is 0 Å². The number of aromatic carboxylic acids is 1. The average molecular weight is 323 g/mol. The van der Waals surface area contributed by atoms with Crippen LogP contribution in [-0.4, -0.2) is 25.2 Å². The second-order valence-corrected chi connectivity index (χ2v) is 6.06. The van der Waals surface area contributed by atoms with Gasteiger partial charge >= 0.3 is 5.97 Å². The van der Waals surface area contributed by atoms with E-state index < -0.39 is 37.8 Å². The Hall–Kier alpha value is -1.21. The molecule has 0 fully saturated rings. The summed E-state index contributed by atoms with van der Waals surface area (Å²) in [5.41, 5.74) is -0.693. The molecule has 0 aliphatic carbocycles. The van der Waals surface area contributed by atoms with E-state index in [1.807, 2.05) is 0 Å². The summed E-state index contributed by atoms with van der Waals surface area (Å²) in [5.74, 6) is -3.25. The van der Waals surface area contributed by atoms with Crippen molar-refractivity contribution in [3.63, 3.8) is 0 Å². The minimum absolute atomic E-state index is 0.180. The van der Waals surface area contributed by atoms with Crippen molar-refractivity contribution < 1.29 is 22.7 Å². The molecule has 0 aliphatic heterocycles. The zero-order valence-corrected chi connectivity index (χ0v) is 10.9. The molecule has 0 unspecified atom stereocenters. The van der Waals surface area contributed by atoms with Crippen LogP contribution in [0.1, 0.15) is 10.4 Å². The van der Waals surface area contributed by atoms with Gasteiger partial charge in [0.2, 0.25) is 0 Å². The quantitative estimate of drug-likeness (QED) is 0.863. The third kappa shape index (κ3) is 2.92. The zero-order chi connectivity index (χ0) is 13.2. The largest absolute Gasteiger partial charge is 0.478 e. The zero-order valence-electron chi connectivity index (χ0n) is 8.48. The van der Waals surface area contributed by atoms with E-state index in [1.54, 1.807) is 0 Å². The number of benzene rings is 1. The number of carbonyl (C=O) groups is 1. The standard InChI is InChI=1S/C10H8BrFO4S/c1-2-3-17(15,16)8-5-6(11)4-7(9(8)12)10(13)14/h2,4-5H,1,3H2,(H,13,14). The second kappa shape index (κ2) is 4.97. The van der Waals surface area contributed by atoms with E-state index in [0.717, 1.165) is 18.2 Å². The molecule has 0 heterocycles. The van der Waals surface area contributed by atoms with Crippen LogP contribution < -0.4 is 0 Å². The van der Waals surface area contributed by atoms with Gasteiger partial charge in [-0.05, 0) is 12.1 Å². The summed E-state index contributed by atoms with van der Waals surface area (Å²) in [7, 11) is -3.91. The number of hydrogen-bond acceptors (Lipinski definition) is 3. The van der Waals surface area contributed by atoms with E-state index in [-0.39, 0.29) is 4.47 Å². The van der Waals surface area contributed by atoms with Crippen molar-refractivity contribution in [3.05, 3.63) is 40.6 Å². The Balaban J connectivity index is 3.55. The van der Waals surface area contributed by atoms with Gasteiger partial charge in [-0.25, -0.2) is 17.6 Å². The number of rotatable bonds is 4. The molecule has 1 rings (SSSR count). The highest BCUT2D eigenvalue weighted by molar-refractivity contribution is 9.10. The van der Waals surface area contributed by atoms with E-state index >= 15 is 0 Å². The fourth-order valence-electron chi connectivity index (χ4n) is 1.19. The van der Waals surface area contributed by atoms with Gasteiger partial charge in [-0.3, -0.25) is 0 Å². The molecule has 1 N–H and O–H groups in total. The van der Waals surface area contributed by atoms with Crippen LogP contribution in [0.15, 0.2) is 34.2 Å². The summed E-state index contributed by atoms with van der Waals surface area (Å²) in [6.07, 6.45) is 1.11. The maximum atomic E-state index is 13.7. The predicted molar refractivity (Wildman–Crippen MR) is 63.3 cm³/mol. The molecule has 0 saturated carbocycles. The lowest BCUT2D eigenvalue weighted by Crippen LogP contribution is -2.11. The fraction of sp³-hybridized carbons (Fsp3) is 0.100. The first-order valence-corrected chi connectivity index (χ1v) is 6.80. The molecule has 0 atom stereocenters. The van der Waals surface area contributed by atoms with Crippen molar-refractivity contribution in [1.82, 2.24) is 0 Å². The first-order valence-electron chi connectivity index (χ1n) is 4.35. The molecule has 0 aliphatic rings. The lowest BCUT2D eigenvalue weighted by atomic mass is 10.2. The topological polar surface area (TPSA) is 71.4 Å². The minimum atomic E-state index is -3.91. The summed E-state index contributed by atoms with van der Waals surface area (Å²) >= 11 is 2.94. The van der Waals surface area contributed by atoms with E-state index in [2.05, 4.69) is 22.5 Å². The average Bonchev–Trinajstić information content (AvgIpc) is 2.20. The number of sulfone groups is 1. The van der Waals surface area contributed by atoms with Gasteiger partial charge in [0.1, 0.15) is 4.90 Å². The van der Waals surface area contributed by atoms with Crippen molar-refractivity contribution in [3.8, 4) is 0 Å². The summed E-state index contributed by atoms with van der Waals surface area (Å²) in [4.78, 5) is 10.1. The third-order valence-electron chi connectivity index (χ3n) is 1.91. The number of carboxylic acids is 1. The number of halogens is 2. The molecule has 4 nitrogen and oxygen atoms in total. The molecule has 17 heavy (non-hydrogen) atoms. The number of hydrogen-bond donors (Lipinski definition) is 1. The normalized spacial score (nSPS) is 11.2. The first-order chi connectivity index (χ1) is 7.79. The molecule has 7 heteroatoms. The minimum Gasteiger partial charge on any atom is -0.478 e. The van der Waals surface area contributed by atoms with Crippen LogP contribution in [0, 0.1) is 5.82 Å². The highest BCUT2D eigenvalue weighted by atomic mass is 79.9. The number of carboxylic acid groups (broad SMARTS) is 1. The van der Waals surface area contributed by atoms with Crippen LogP contribution in [-0.2, 0) is 9.84 Å². The Labute approximate surface area is 106 Å². The van der Waals surface area contributed by atoms with Crippen LogP contribution in [0.25, 0.3) is 0 Å². The van der Waals surface area contributed by atoms with Crippen LogP contribution in [0.3, 0.4) is 0 Å². The van der Waals surface area contributed by atoms with E-state index in [0.29, 0.717) is 0 Å². The molecule has 0 saturated heterocycles. The monoisotopic (exact) mass is 322 g/mol. The van der Waals surface area contributed by atoms with Gasteiger partial charge < -0.3 is 5.11 Å². The van der Waals surface area contributed by atoms with Gasteiger partial charge in [0.05, 0.1) is 11.3 Å². The van der Waals surface area contributed by atoms with Crippen molar-refractivity contribution in [2.75, 3.05) is 5.75 Å². The summed E-state index contributed by atoms with van der Waals surface area (Å²) in [6.45, 7) is 3.25. The SMILES string of the molecule is C=CCS(=O)(=O)c1cc(Br)cc(C(=O)O)c1F. The van der Waals surface area contributed by atoms with Gasteiger partial charge in [0.25, 0.3) is 0 Å². The van der Waals surface area contributed by atoms with Crippen molar-refractivity contribution in [1.29, 1.82) is 0 Å². The molecule has 0 spiro atoms. The molecule has 0 radical (unpaired) electrons. The molecular weight excluding hydrogens is 315 g/mol. The molecule has 0 aromatic heterocycles. The van der Waals surface area contributed by atoms with Crippen molar-refractivity contribution in [2.45, 2.75) is 4.90 Å². The Kier molecular flexibility index (Phi) is 4.05. The lowest BCUT2D eigenvalue weighted by molar-refractivity contribution is 0.0691. The molecular formula is C10H8BrFO4S. The third-order valence-corrected chi connectivity index (χ3v) is 4.01. The maximum Gasteiger partial charge on any atom is 0.338 e. The van der Waals surface area contributed by atoms with Crippen LogP contribution in [0.2, 0.25) is 0 Å². The maximum absolute atomic E-state index is 13.7. The summed E-state index contributed by atoms with van der Waals surface area (Å²) in [6, 6.07) is 2.03. The van der Waals surface area contributed by atoms with Crippen LogP contribution >= 0.6 is 15.9 Å². The van der Waals surface area contributed by atoms with E-state index in [9.17, 15) is 17.6 Å². The van der Waals surface area contributed by atoms with Gasteiger partial charge in [-0.2, -0.15) is 0 Å². The highest BCUT2D eigenvalue weighted by Gasteiger charge is 2.23. The van der Waals surface area contributed by atoms with Gasteiger partial charge in [0, 0.05) is 4.47 Å². The smallest absolute Gasteiger partial charge is 0.338 e. The lowest BCUT2D eigenvalue weighted by Gasteiger charge is -2.06. The molecule has 1 aromatic carbocycles. The first kappa shape index (κ1) is 13.9. The van der Waals surface area contributed by atoms with Crippen molar-refractivity contribution >= 4 is 31.7 Å². The molecule has 1 aromatic rings.